The minimum absolute atomic E-state index is 0.0694. The van der Waals surface area contributed by atoms with Crippen LogP contribution in [0.3, 0.4) is 0 Å². The average Bonchev–Trinajstić information content (AvgIpc) is 2.38. The number of nitrogens with zero attached hydrogens (tertiary/aromatic N) is 2. The van der Waals surface area contributed by atoms with Crippen LogP contribution < -0.4 is 10.2 Å². The first-order chi connectivity index (χ1) is 11.4. The van der Waals surface area contributed by atoms with E-state index in [1.165, 1.54) is 44.9 Å². The van der Waals surface area contributed by atoms with E-state index >= 15 is 0 Å². The zero-order valence-electron chi connectivity index (χ0n) is 17.3. The third-order valence-corrected chi connectivity index (χ3v) is 3.78. The van der Waals surface area contributed by atoms with Crippen molar-refractivity contribution in [2.45, 2.75) is 58.3 Å². The van der Waals surface area contributed by atoms with Crippen LogP contribution >= 0.6 is 0 Å². The highest BCUT2D eigenvalue weighted by Crippen LogP contribution is 2.09. The Balaban J connectivity index is 0. The molecule has 6 heteroatoms. The third-order valence-electron chi connectivity index (χ3n) is 3.78. The SMILES string of the molecule is CCCCCCCCCC[N+](C)(C)CC(=O)[O-].C[N+](C)(C)CC(=O)[O-]. The minimum atomic E-state index is -1.00. The van der Waals surface area contributed by atoms with Gasteiger partial charge in [0.25, 0.3) is 0 Å². The standard InChI is InChI=1S/C14H29NO2.C5H11NO2/c1-4-5-6-7-8-9-10-11-12-15(2,3)13-14(16)17;1-6(2,3)4-5(7)8/h4-13H2,1-3H3;4H2,1-3H3. The zero-order valence-corrected chi connectivity index (χ0v) is 17.3. The molecule has 0 aliphatic heterocycles. The van der Waals surface area contributed by atoms with Crippen LogP contribution in [0, 0.1) is 0 Å². The van der Waals surface area contributed by atoms with E-state index in [0.29, 0.717) is 8.97 Å². The first-order valence-electron chi connectivity index (χ1n) is 9.42. The molecule has 6 nitrogen and oxygen atoms in total. The van der Waals surface area contributed by atoms with Crippen LogP contribution in [-0.4, -0.2) is 75.8 Å². The molecule has 25 heavy (non-hydrogen) atoms. The number of carbonyl (C=O) groups is 2. The van der Waals surface area contributed by atoms with Crippen molar-refractivity contribution in [1.29, 1.82) is 0 Å². The van der Waals surface area contributed by atoms with Gasteiger partial charge in [-0.1, -0.05) is 45.4 Å². The molecule has 0 fully saturated rings. The van der Waals surface area contributed by atoms with Gasteiger partial charge in [-0.15, -0.1) is 0 Å². The molecule has 0 spiro atoms. The topological polar surface area (TPSA) is 80.3 Å². The van der Waals surface area contributed by atoms with Crippen molar-refractivity contribution in [2.24, 2.45) is 0 Å². The Morgan fingerprint density at radius 3 is 1.40 bits per heavy atom. The molecule has 0 atom stereocenters. The number of rotatable bonds is 13. The lowest BCUT2D eigenvalue weighted by Gasteiger charge is -2.30. The second kappa shape index (κ2) is 14.1. The normalized spacial score (nSPS) is 11.6. The summed E-state index contributed by atoms with van der Waals surface area (Å²) in [6.45, 7) is 3.36. The number of hydrogen-bond acceptors (Lipinski definition) is 4. The summed E-state index contributed by atoms with van der Waals surface area (Å²) in [5, 5.41) is 20.4. The van der Waals surface area contributed by atoms with Crippen molar-refractivity contribution >= 4 is 11.9 Å². The van der Waals surface area contributed by atoms with Gasteiger partial charge in [-0.2, -0.15) is 0 Å². The third kappa shape index (κ3) is 25.2. The number of quaternary nitrogens is 2. The quantitative estimate of drug-likeness (QED) is 0.352. The maximum absolute atomic E-state index is 10.5. The van der Waals surface area contributed by atoms with Crippen molar-refractivity contribution in [3.05, 3.63) is 0 Å². The van der Waals surface area contributed by atoms with E-state index in [9.17, 15) is 19.8 Å². The van der Waals surface area contributed by atoms with Crippen LogP contribution in [0.15, 0.2) is 0 Å². The Bertz CT molecular complexity index is 363. The van der Waals surface area contributed by atoms with E-state index in [1.807, 2.05) is 14.1 Å². The molecule has 0 bridgehead atoms. The first-order valence-corrected chi connectivity index (χ1v) is 9.42. The summed E-state index contributed by atoms with van der Waals surface area (Å²) in [4.78, 5) is 20.4. The Morgan fingerprint density at radius 2 is 1.08 bits per heavy atom. The molecule has 0 aromatic carbocycles. The van der Waals surface area contributed by atoms with Crippen LogP contribution in [0.2, 0.25) is 0 Å². The van der Waals surface area contributed by atoms with Crippen molar-refractivity contribution < 1.29 is 28.8 Å². The lowest BCUT2D eigenvalue weighted by Crippen LogP contribution is -2.48. The minimum Gasteiger partial charge on any atom is -0.544 e. The molecule has 0 aliphatic carbocycles. The summed E-state index contributed by atoms with van der Waals surface area (Å²) in [5.74, 6) is -1.95. The van der Waals surface area contributed by atoms with Gasteiger partial charge in [0.1, 0.15) is 13.1 Å². The maximum atomic E-state index is 10.5. The number of unbranched alkanes of at least 4 members (excludes halogenated alkanes) is 7. The highest BCUT2D eigenvalue weighted by molar-refractivity contribution is 5.65. The molecular formula is C19H40N2O4. The van der Waals surface area contributed by atoms with Gasteiger partial charge in [-0.05, 0) is 12.8 Å². The highest BCUT2D eigenvalue weighted by Gasteiger charge is 2.14. The predicted octanol–water partition coefficient (Wildman–Crippen LogP) is 0.396. The largest absolute Gasteiger partial charge is 0.544 e. The lowest BCUT2D eigenvalue weighted by atomic mass is 10.1. The Labute approximate surface area is 154 Å². The Morgan fingerprint density at radius 1 is 0.680 bits per heavy atom. The maximum Gasteiger partial charge on any atom is 0.119 e. The van der Waals surface area contributed by atoms with Gasteiger partial charge in [0.05, 0.1) is 53.7 Å². The summed E-state index contributed by atoms with van der Waals surface area (Å²) in [6, 6.07) is 0. The fourth-order valence-electron chi connectivity index (χ4n) is 2.49. The van der Waals surface area contributed by atoms with E-state index in [-0.39, 0.29) is 13.1 Å². The number of carboxylic acid groups (broad SMARTS) is 2. The summed E-state index contributed by atoms with van der Waals surface area (Å²) in [7, 11) is 9.31. The van der Waals surface area contributed by atoms with Gasteiger partial charge < -0.3 is 28.8 Å². The van der Waals surface area contributed by atoms with Crippen LogP contribution in [0.1, 0.15) is 58.3 Å². The van der Waals surface area contributed by atoms with Gasteiger partial charge in [0.15, 0.2) is 0 Å². The fourth-order valence-corrected chi connectivity index (χ4v) is 2.49. The van der Waals surface area contributed by atoms with Gasteiger partial charge in [-0.3, -0.25) is 0 Å². The van der Waals surface area contributed by atoms with E-state index < -0.39 is 11.9 Å². The molecule has 0 saturated carbocycles. The van der Waals surface area contributed by atoms with Crippen LogP contribution in [0.25, 0.3) is 0 Å². The molecule has 0 N–H and O–H groups in total. The van der Waals surface area contributed by atoms with E-state index in [4.69, 9.17) is 0 Å². The van der Waals surface area contributed by atoms with Gasteiger partial charge >= 0.3 is 0 Å². The summed E-state index contributed by atoms with van der Waals surface area (Å²) >= 11 is 0. The number of hydrogen-bond donors (Lipinski definition) is 0. The second-order valence-electron chi connectivity index (χ2n) is 8.48. The molecule has 0 aliphatic rings. The molecule has 0 rings (SSSR count). The molecule has 150 valence electrons. The molecule has 0 unspecified atom stereocenters. The summed E-state index contributed by atoms with van der Waals surface area (Å²) in [5.41, 5.74) is 0. The van der Waals surface area contributed by atoms with Gasteiger partial charge in [-0.25, -0.2) is 0 Å². The highest BCUT2D eigenvalue weighted by atomic mass is 16.4. The smallest absolute Gasteiger partial charge is 0.119 e. The Hall–Kier alpha value is -1.14. The molecule has 0 radical (unpaired) electrons. The lowest BCUT2D eigenvalue weighted by molar-refractivity contribution is -0.885. The van der Waals surface area contributed by atoms with Crippen molar-refractivity contribution in [3.63, 3.8) is 0 Å². The second-order valence-corrected chi connectivity index (χ2v) is 8.48. The molecule has 0 heterocycles. The molecule has 0 aromatic heterocycles. The molecule has 0 aromatic rings. The van der Waals surface area contributed by atoms with E-state index in [1.54, 1.807) is 21.1 Å². The van der Waals surface area contributed by atoms with Crippen molar-refractivity contribution in [1.82, 2.24) is 0 Å². The average molecular weight is 361 g/mol. The van der Waals surface area contributed by atoms with Crippen LogP contribution in [0.4, 0.5) is 0 Å². The van der Waals surface area contributed by atoms with E-state index in [2.05, 4.69) is 6.92 Å². The fraction of sp³-hybridized carbons (Fsp3) is 0.895. The number of aliphatic carboxylic acids is 2. The molecule has 0 amide bonds. The van der Waals surface area contributed by atoms with Crippen LogP contribution in [-0.2, 0) is 9.59 Å². The monoisotopic (exact) mass is 360 g/mol. The summed E-state index contributed by atoms with van der Waals surface area (Å²) in [6.07, 6.45) is 10.3. The Kier molecular flexibility index (Phi) is 14.7. The zero-order chi connectivity index (χ0) is 19.9. The van der Waals surface area contributed by atoms with Crippen molar-refractivity contribution in [2.75, 3.05) is 54.9 Å². The number of carboxylic acids is 2. The number of carbonyl (C=O) groups excluding carboxylic acids is 2. The molecule has 0 saturated heterocycles. The number of likely N-dealkylation sites (N-methyl/N-ethyl adjacent to an activating group) is 2. The van der Waals surface area contributed by atoms with E-state index in [0.717, 1.165) is 13.0 Å². The van der Waals surface area contributed by atoms with Crippen molar-refractivity contribution in [3.8, 4) is 0 Å². The molecular weight excluding hydrogens is 320 g/mol. The van der Waals surface area contributed by atoms with Crippen LogP contribution in [0.5, 0.6) is 0 Å². The first kappa shape index (κ1) is 26.1. The van der Waals surface area contributed by atoms with Gasteiger partial charge in [0.2, 0.25) is 0 Å². The summed E-state index contributed by atoms with van der Waals surface area (Å²) < 4.78 is 0.959. The van der Waals surface area contributed by atoms with Gasteiger partial charge in [0, 0.05) is 0 Å². The predicted molar refractivity (Wildman–Crippen MR) is 97.4 cm³/mol.